The number of anilines is 2. The number of amides is 3. The van der Waals surface area contributed by atoms with Gasteiger partial charge in [-0.3, -0.25) is 19.3 Å². The highest BCUT2D eigenvalue weighted by Gasteiger charge is 2.52. The van der Waals surface area contributed by atoms with Gasteiger partial charge in [-0.15, -0.1) is 11.3 Å². The molecule has 0 saturated carbocycles. The van der Waals surface area contributed by atoms with Crippen LogP contribution >= 0.6 is 11.3 Å². The van der Waals surface area contributed by atoms with E-state index in [1.54, 1.807) is 34.9 Å². The number of carbonyl (C=O) groups is 4. The Morgan fingerprint density at radius 1 is 1.28 bits per heavy atom. The molecule has 3 amide bonds. The van der Waals surface area contributed by atoms with E-state index in [1.807, 2.05) is 13.0 Å². The Morgan fingerprint density at radius 3 is 2.84 bits per heavy atom. The Hall–Kier alpha value is -3.27. The summed E-state index contributed by atoms with van der Waals surface area (Å²) in [5, 5.41) is 4.53. The number of carbonyl (C=O) groups excluding carboxylic acids is 4. The molecule has 1 unspecified atom stereocenters. The first-order chi connectivity index (χ1) is 15.3. The molecule has 1 atom stereocenters. The predicted octanol–water partition coefficient (Wildman–Crippen LogP) is 3.04. The molecule has 2 aromatic rings. The van der Waals surface area contributed by atoms with Crippen LogP contribution in [-0.4, -0.2) is 52.4 Å². The number of nitrogens with one attached hydrogen (secondary N) is 1. The highest BCUT2D eigenvalue weighted by molar-refractivity contribution is 7.14. The van der Waals surface area contributed by atoms with Crippen LogP contribution < -0.4 is 10.2 Å². The lowest BCUT2D eigenvalue weighted by Crippen LogP contribution is -2.62. The van der Waals surface area contributed by atoms with E-state index in [0.29, 0.717) is 42.2 Å². The molecule has 1 N–H and O–H groups in total. The topological polar surface area (TPSA) is 109 Å². The van der Waals surface area contributed by atoms with Crippen molar-refractivity contribution in [1.82, 2.24) is 9.88 Å². The van der Waals surface area contributed by atoms with Crippen LogP contribution in [-0.2, 0) is 14.3 Å². The molecule has 0 bridgehead atoms. The van der Waals surface area contributed by atoms with Crippen molar-refractivity contribution in [3.05, 3.63) is 40.9 Å². The molecule has 4 rings (SSSR count). The summed E-state index contributed by atoms with van der Waals surface area (Å²) in [6, 6.07) is 7.14. The zero-order valence-electron chi connectivity index (χ0n) is 17.9. The molecule has 32 heavy (non-hydrogen) atoms. The summed E-state index contributed by atoms with van der Waals surface area (Å²) in [6.07, 6.45) is 1.52. The van der Waals surface area contributed by atoms with Crippen LogP contribution in [0.5, 0.6) is 0 Å². The Balaban J connectivity index is 1.39. The first-order valence-corrected chi connectivity index (χ1v) is 11.4. The number of ether oxygens (including phenoxy) is 1. The van der Waals surface area contributed by atoms with Crippen LogP contribution in [0, 0.1) is 0 Å². The maximum Gasteiger partial charge on any atom is 0.357 e. The molecule has 2 aliphatic heterocycles. The van der Waals surface area contributed by atoms with Crippen LogP contribution in [0.25, 0.3) is 0 Å². The van der Waals surface area contributed by atoms with Crippen molar-refractivity contribution in [2.75, 3.05) is 23.4 Å². The van der Waals surface area contributed by atoms with Crippen molar-refractivity contribution in [1.29, 1.82) is 0 Å². The molecule has 1 fully saturated rings. The minimum atomic E-state index is -0.733. The van der Waals surface area contributed by atoms with Crippen molar-refractivity contribution in [3.63, 3.8) is 0 Å². The Labute approximate surface area is 189 Å². The lowest BCUT2D eigenvalue weighted by molar-refractivity contribution is -0.118. The highest BCUT2D eigenvalue weighted by atomic mass is 32.1. The van der Waals surface area contributed by atoms with Crippen LogP contribution in [0.1, 0.15) is 60.4 Å². The van der Waals surface area contributed by atoms with Gasteiger partial charge in [-0.05, 0) is 38.8 Å². The normalized spacial score (nSPS) is 19.6. The van der Waals surface area contributed by atoms with E-state index >= 15 is 0 Å². The summed E-state index contributed by atoms with van der Waals surface area (Å²) < 4.78 is 4.89. The third-order valence-corrected chi connectivity index (χ3v) is 6.52. The van der Waals surface area contributed by atoms with Crippen LogP contribution in [0.4, 0.5) is 10.8 Å². The Kier molecular flexibility index (Phi) is 5.96. The van der Waals surface area contributed by atoms with Gasteiger partial charge in [0, 0.05) is 24.8 Å². The fraction of sp³-hybridized carbons (Fsp3) is 0.409. The summed E-state index contributed by atoms with van der Waals surface area (Å²) in [7, 11) is 0. The van der Waals surface area contributed by atoms with Crippen LogP contribution in [0.15, 0.2) is 29.6 Å². The summed E-state index contributed by atoms with van der Waals surface area (Å²) in [5.74, 6) is -0.925. The molecule has 1 aromatic carbocycles. The Bertz CT molecular complexity index is 1080. The van der Waals surface area contributed by atoms with E-state index < -0.39 is 11.6 Å². The molecule has 10 heteroatoms. The van der Waals surface area contributed by atoms with E-state index in [2.05, 4.69) is 10.3 Å². The minimum Gasteiger partial charge on any atom is -0.461 e. The average Bonchev–Trinajstić information content (AvgIpc) is 3.35. The molecule has 0 spiro atoms. The van der Waals surface area contributed by atoms with Gasteiger partial charge in [-0.25, -0.2) is 9.78 Å². The highest BCUT2D eigenvalue weighted by Crippen LogP contribution is 2.44. The molecular weight excluding hydrogens is 432 g/mol. The fourth-order valence-electron chi connectivity index (χ4n) is 4.25. The second-order valence-electron chi connectivity index (χ2n) is 7.83. The molecule has 1 aromatic heterocycles. The lowest BCUT2D eigenvalue weighted by atomic mass is 9.98. The zero-order chi connectivity index (χ0) is 22.9. The molecule has 0 aliphatic carbocycles. The SMILES string of the molecule is CCOC(=O)c1csc(NC(=O)CCCN2C(=O)c3ccccc3N3C(=O)CCC23C)n1. The van der Waals surface area contributed by atoms with E-state index in [1.165, 1.54) is 5.38 Å². The number of para-hydroxylation sites is 1. The molecule has 2 aliphatic rings. The standard InChI is InChI=1S/C22H24N4O5S/c1-3-31-20(30)15-13-32-21(23-15)24-17(27)9-6-12-25-19(29)14-7-4-5-8-16(14)26-18(28)10-11-22(25,26)2/h4-5,7-8,13H,3,6,9-12H2,1-2H3,(H,23,24,27). The number of fused-ring (bicyclic) bond motifs is 3. The molecule has 3 heterocycles. The zero-order valence-corrected chi connectivity index (χ0v) is 18.7. The molecule has 9 nitrogen and oxygen atoms in total. The van der Waals surface area contributed by atoms with E-state index in [-0.39, 0.29) is 36.4 Å². The van der Waals surface area contributed by atoms with Crippen molar-refractivity contribution in [2.24, 2.45) is 0 Å². The Morgan fingerprint density at radius 2 is 2.06 bits per heavy atom. The number of benzene rings is 1. The van der Waals surface area contributed by atoms with E-state index in [0.717, 1.165) is 11.3 Å². The maximum atomic E-state index is 13.2. The van der Waals surface area contributed by atoms with Gasteiger partial charge < -0.3 is 15.0 Å². The molecule has 1 saturated heterocycles. The van der Waals surface area contributed by atoms with Gasteiger partial charge in [-0.1, -0.05) is 12.1 Å². The van der Waals surface area contributed by atoms with Crippen LogP contribution in [0.3, 0.4) is 0 Å². The monoisotopic (exact) mass is 456 g/mol. The second-order valence-corrected chi connectivity index (χ2v) is 8.69. The number of rotatable bonds is 7. The minimum absolute atomic E-state index is 0.00336. The number of nitrogens with zero attached hydrogens (tertiary/aromatic N) is 3. The lowest BCUT2D eigenvalue weighted by Gasteiger charge is -2.48. The summed E-state index contributed by atoms with van der Waals surface area (Å²) in [4.78, 5) is 57.3. The maximum absolute atomic E-state index is 13.2. The number of esters is 1. The third-order valence-electron chi connectivity index (χ3n) is 5.77. The molecular formula is C22H24N4O5S. The van der Waals surface area contributed by atoms with Gasteiger partial charge in [0.05, 0.1) is 17.9 Å². The van der Waals surface area contributed by atoms with Gasteiger partial charge in [0.1, 0.15) is 5.66 Å². The van der Waals surface area contributed by atoms with Gasteiger partial charge in [0.25, 0.3) is 5.91 Å². The van der Waals surface area contributed by atoms with E-state index in [4.69, 9.17) is 4.74 Å². The summed E-state index contributed by atoms with van der Waals surface area (Å²) in [6.45, 7) is 4.20. The van der Waals surface area contributed by atoms with Crippen LogP contribution in [0.2, 0.25) is 0 Å². The molecule has 168 valence electrons. The average molecular weight is 457 g/mol. The largest absolute Gasteiger partial charge is 0.461 e. The quantitative estimate of drug-likeness (QED) is 0.642. The number of hydrogen-bond acceptors (Lipinski definition) is 7. The third kappa shape index (κ3) is 3.86. The smallest absolute Gasteiger partial charge is 0.357 e. The first-order valence-electron chi connectivity index (χ1n) is 10.5. The van der Waals surface area contributed by atoms with Crippen molar-refractivity contribution in [3.8, 4) is 0 Å². The predicted molar refractivity (Wildman–Crippen MR) is 119 cm³/mol. The van der Waals surface area contributed by atoms with E-state index in [9.17, 15) is 19.2 Å². The number of hydrogen-bond donors (Lipinski definition) is 1. The van der Waals surface area contributed by atoms with Gasteiger partial charge >= 0.3 is 5.97 Å². The van der Waals surface area contributed by atoms with Gasteiger partial charge in [-0.2, -0.15) is 0 Å². The van der Waals surface area contributed by atoms with Gasteiger partial charge in [0.15, 0.2) is 10.8 Å². The number of aromatic nitrogens is 1. The van der Waals surface area contributed by atoms with Gasteiger partial charge in [0.2, 0.25) is 11.8 Å². The fourth-order valence-corrected chi connectivity index (χ4v) is 4.95. The number of thiazole rings is 1. The summed E-state index contributed by atoms with van der Waals surface area (Å²) in [5.41, 5.74) is 0.573. The second kappa shape index (κ2) is 8.70. The first kappa shape index (κ1) is 21.9. The summed E-state index contributed by atoms with van der Waals surface area (Å²) >= 11 is 1.15. The molecule has 0 radical (unpaired) electrons. The van der Waals surface area contributed by atoms with Crippen molar-refractivity contribution < 1.29 is 23.9 Å². The van der Waals surface area contributed by atoms with Crippen molar-refractivity contribution in [2.45, 2.75) is 45.2 Å². The van der Waals surface area contributed by atoms with Crippen molar-refractivity contribution >= 4 is 45.8 Å².